The monoisotopic (exact) mass is 350 g/mol. The second-order valence-electron chi connectivity index (χ2n) is 5.90. The molecule has 0 unspecified atom stereocenters. The van der Waals surface area contributed by atoms with Crippen molar-refractivity contribution >= 4 is 33.8 Å². The summed E-state index contributed by atoms with van der Waals surface area (Å²) < 4.78 is 27.1. The SMILES string of the molecule is Cc1ccc(S(=O)(=O)N2CCC(NCC3CC3)CC2)s1.Cl. The second kappa shape index (κ2) is 6.96. The van der Waals surface area contributed by atoms with E-state index in [1.165, 1.54) is 24.2 Å². The van der Waals surface area contributed by atoms with E-state index in [1.807, 2.05) is 13.0 Å². The van der Waals surface area contributed by atoms with Gasteiger partial charge in [0.25, 0.3) is 10.0 Å². The lowest BCUT2D eigenvalue weighted by molar-refractivity contribution is 0.288. The van der Waals surface area contributed by atoms with Crippen LogP contribution in [0.4, 0.5) is 0 Å². The Balaban J connectivity index is 0.00000161. The van der Waals surface area contributed by atoms with Gasteiger partial charge in [0.1, 0.15) is 4.21 Å². The molecule has 1 aliphatic carbocycles. The van der Waals surface area contributed by atoms with Crippen LogP contribution in [0.15, 0.2) is 16.3 Å². The molecular formula is C14H23ClN2O2S2. The predicted octanol–water partition coefficient (Wildman–Crippen LogP) is 2.63. The number of hydrogen-bond acceptors (Lipinski definition) is 4. The molecule has 0 aromatic carbocycles. The van der Waals surface area contributed by atoms with Gasteiger partial charge in [-0.2, -0.15) is 4.31 Å². The van der Waals surface area contributed by atoms with Gasteiger partial charge in [0.15, 0.2) is 0 Å². The molecule has 3 rings (SSSR count). The van der Waals surface area contributed by atoms with E-state index in [4.69, 9.17) is 0 Å². The van der Waals surface area contributed by atoms with Gasteiger partial charge in [0.2, 0.25) is 0 Å². The van der Waals surface area contributed by atoms with E-state index in [-0.39, 0.29) is 12.4 Å². The van der Waals surface area contributed by atoms with Crippen molar-refractivity contribution in [1.29, 1.82) is 0 Å². The van der Waals surface area contributed by atoms with Crippen LogP contribution < -0.4 is 5.32 Å². The minimum absolute atomic E-state index is 0. The summed E-state index contributed by atoms with van der Waals surface area (Å²) in [5.74, 6) is 0.880. The van der Waals surface area contributed by atoms with Crippen molar-refractivity contribution in [2.24, 2.45) is 5.92 Å². The minimum atomic E-state index is -3.26. The molecule has 120 valence electrons. The fourth-order valence-corrected chi connectivity index (χ4v) is 5.54. The molecule has 1 aromatic heterocycles. The maximum absolute atomic E-state index is 12.5. The smallest absolute Gasteiger partial charge is 0.252 e. The molecule has 2 aliphatic rings. The number of aryl methyl sites for hydroxylation is 1. The fourth-order valence-electron chi connectivity index (χ4n) is 2.63. The Bertz CT molecular complexity index is 561. The summed E-state index contributed by atoms with van der Waals surface area (Å²) in [5.41, 5.74) is 0. The molecule has 0 spiro atoms. The number of rotatable bonds is 5. The van der Waals surface area contributed by atoms with Crippen molar-refractivity contribution < 1.29 is 8.42 Å². The molecule has 1 saturated heterocycles. The quantitative estimate of drug-likeness (QED) is 0.888. The van der Waals surface area contributed by atoms with Crippen LogP contribution in [0, 0.1) is 12.8 Å². The molecule has 0 atom stereocenters. The van der Waals surface area contributed by atoms with E-state index in [2.05, 4.69) is 5.32 Å². The number of sulfonamides is 1. The van der Waals surface area contributed by atoms with Crippen molar-refractivity contribution in [2.75, 3.05) is 19.6 Å². The predicted molar refractivity (Wildman–Crippen MR) is 88.8 cm³/mol. The highest BCUT2D eigenvalue weighted by Gasteiger charge is 2.31. The van der Waals surface area contributed by atoms with Gasteiger partial charge in [-0.25, -0.2) is 8.42 Å². The molecule has 1 aliphatic heterocycles. The second-order valence-corrected chi connectivity index (χ2v) is 9.35. The van der Waals surface area contributed by atoms with Gasteiger partial charge < -0.3 is 5.32 Å². The molecule has 7 heteroatoms. The fraction of sp³-hybridized carbons (Fsp3) is 0.714. The first kappa shape index (κ1) is 17.2. The van der Waals surface area contributed by atoms with Crippen LogP contribution in [0.25, 0.3) is 0 Å². The average molecular weight is 351 g/mol. The zero-order valence-corrected chi connectivity index (χ0v) is 14.7. The summed E-state index contributed by atoms with van der Waals surface area (Å²) in [7, 11) is -3.26. The van der Waals surface area contributed by atoms with Gasteiger partial charge in [0, 0.05) is 24.0 Å². The van der Waals surface area contributed by atoms with Gasteiger partial charge >= 0.3 is 0 Å². The number of halogens is 1. The lowest BCUT2D eigenvalue weighted by Crippen LogP contribution is -2.45. The highest BCUT2D eigenvalue weighted by atomic mass is 35.5. The van der Waals surface area contributed by atoms with Gasteiger partial charge in [-0.3, -0.25) is 0 Å². The molecule has 21 heavy (non-hydrogen) atoms. The summed E-state index contributed by atoms with van der Waals surface area (Å²) >= 11 is 1.37. The van der Waals surface area contributed by atoms with Crippen LogP contribution in [-0.4, -0.2) is 38.4 Å². The van der Waals surface area contributed by atoms with Crippen LogP contribution in [0.5, 0.6) is 0 Å². The van der Waals surface area contributed by atoms with Crippen LogP contribution >= 0.6 is 23.7 Å². The third kappa shape index (κ3) is 4.20. The molecule has 4 nitrogen and oxygen atoms in total. The summed E-state index contributed by atoms with van der Waals surface area (Å²) in [6, 6.07) is 4.10. The third-order valence-corrected chi connectivity index (χ3v) is 7.52. The molecule has 0 amide bonds. The molecule has 0 bridgehead atoms. The Kier molecular flexibility index (Phi) is 5.71. The topological polar surface area (TPSA) is 49.4 Å². The molecule has 1 aromatic rings. The molecule has 0 radical (unpaired) electrons. The molecule has 1 saturated carbocycles. The van der Waals surface area contributed by atoms with Crippen molar-refractivity contribution in [3.05, 3.63) is 17.0 Å². The number of hydrogen-bond donors (Lipinski definition) is 1. The third-order valence-electron chi connectivity index (χ3n) is 4.16. The van der Waals surface area contributed by atoms with E-state index >= 15 is 0 Å². The van der Waals surface area contributed by atoms with Gasteiger partial charge in [-0.1, -0.05) is 0 Å². The first-order valence-electron chi connectivity index (χ1n) is 7.35. The molecule has 2 fully saturated rings. The maximum Gasteiger partial charge on any atom is 0.252 e. The van der Waals surface area contributed by atoms with Gasteiger partial charge in [-0.05, 0) is 57.2 Å². The van der Waals surface area contributed by atoms with Gasteiger partial charge in [-0.15, -0.1) is 23.7 Å². The van der Waals surface area contributed by atoms with Gasteiger partial charge in [0.05, 0.1) is 0 Å². The van der Waals surface area contributed by atoms with Crippen LogP contribution in [0.3, 0.4) is 0 Å². The summed E-state index contributed by atoms with van der Waals surface area (Å²) in [4.78, 5) is 1.05. The van der Waals surface area contributed by atoms with Crippen LogP contribution in [0.1, 0.15) is 30.6 Å². The van der Waals surface area contributed by atoms with Crippen LogP contribution in [-0.2, 0) is 10.0 Å². The summed E-state index contributed by atoms with van der Waals surface area (Å²) in [5, 5.41) is 3.58. The Hall–Kier alpha value is -0.140. The Morgan fingerprint density at radius 3 is 2.43 bits per heavy atom. The maximum atomic E-state index is 12.5. The van der Waals surface area contributed by atoms with Crippen molar-refractivity contribution in [1.82, 2.24) is 9.62 Å². The highest BCUT2D eigenvalue weighted by Crippen LogP contribution is 2.29. The minimum Gasteiger partial charge on any atom is -0.314 e. The lowest BCUT2D eigenvalue weighted by Gasteiger charge is -2.31. The molecule has 2 heterocycles. The van der Waals surface area contributed by atoms with E-state index in [0.717, 1.165) is 30.2 Å². The van der Waals surface area contributed by atoms with E-state index in [0.29, 0.717) is 23.3 Å². The first-order chi connectivity index (χ1) is 9.55. The molecule has 1 N–H and O–H groups in total. The number of nitrogens with one attached hydrogen (secondary N) is 1. The standard InChI is InChI=1S/C14H22N2O2S2.ClH/c1-11-2-5-14(19-11)20(17,18)16-8-6-13(7-9-16)15-10-12-3-4-12;/h2,5,12-13,15H,3-4,6-10H2,1H3;1H. The lowest BCUT2D eigenvalue weighted by atomic mass is 10.1. The van der Waals surface area contributed by atoms with E-state index in [9.17, 15) is 8.42 Å². The van der Waals surface area contributed by atoms with E-state index < -0.39 is 10.0 Å². The first-order valence-corrected chi connectivity index (χ1v) is 9.61. The zero-order valence-electron chi connectivity index (χ0n) is 12.2. The summed E-state index contributed by atoms with van der Waals surface area (Å²) in [6.07, 6.45) is 4.57. The number of nitrogens with zero attached hydrogens (tertiary/aromatic N) is 1. The Labute approximate surface area is 137 Å². The highest BCUT2D eigenvalue weighted by molar-refractivity contribution is 7.91. The van der Waals surface area contributed by atoms with Crippen LogP contribution in [0.2, 0.25) is 0 Å². The zero-order chi connectivity index (χ0) is 14.2. The number of thiophene rings is 1. The largest absolute Gasteiger partial charge is 0.314 e. The summed E-state index contributed by atoms with van der Waals surface area (Å²) in [6.45, 7) is 4.34. The van der Waals surface area contributed by atoms with Crippen molar-refractivity contribution in [3.63, 3.8) is 0 Å². The average Bonchev–Trinajstić information content (AvgIpc) is 3.17. The van der Waals surface area contributed by atoms with Crippen molar-refractivity contribution in [2.45, 2.75) is 42.9 Å². The molecular weight excluding hydrogens is 328 g/mol. The Morgan fingerprint density at radius 1 is 1.24 bits per heavy atom. The van der Waals surface area contributed by atoms with E-state index in [1.54, 1.807) is 10.4 Å². The normalized spacial score (nSPS) is 21.2. The Morgan fingerprint density at radius 2 is 1.90 bits per heavy atom. The van der Waals surface area contributed by atoms with Crippen molar-refractivity contribution in [3.8, 4) is 0 Å². The number of piperidine rings is 1.